The molecule has 0 aromatic carbocycles. The van der Waals surface area contributed by atoms with Crippen molar-refractivity contribution in [2.45, 2.75) is 24.7 Å². The van der Waals surface area contributed by atoms with Crippen LogP contribution in [0.3, 0.4) is 0 Å². The van der Waals surface area contributed by atoms with Crippen LogP contribution in [0.15, 0.2) is 17.2 Å². The molecule has 0 radical (unpaired) electrons. The topological polar surface area (TPSA) is 68.2 Å². The molecule has 1 aliphatic carbocycles. The summed E-state index contributed by atoms with van der Waals surface area (Å²) in [6.07, 6.45) is 3.80. The van der Waals surface area contributed by atoms with E-state index >= 15 is 0 Å². The van der Waals surface area contributed by atoms with Crippen molar-refractivity contribution in [2.24, 2.45) is 18.9 Å². The highest BCUT2D eigenvalue weighted by Gasteiger charge is 2.28. The third kappa shape index (κ3) is 3.51. The number of hydrogen-bond donors (Lipinski definition) is 1. The Kier molecular flexibility index (Phi) is 3.92. The fourth-order valence-electron chi connectivity index (χ4n) is 2.07. The van der Waals surface area contributed by atoms with Gasteiger partial charge in [-0.15, -0.1) is 0 Å². The molecule has 1 unspecified atom stereocenters. The van der Waals surface area contributed by atoms with E-state index in [9.17, 15) is 13.2 Å². The number of aryl methyl sites for hydroxylation is 1. The first kappa shape index (κ1) is 14.4. The number of rotatable bonds is 5. The molecule has 1 aliphatic rings. The lowest BCUT2D eigenvalue weighted by molar-refractivity contribution is 0.0938. The number of aromatic nitrogens is 1. The van der Waals surface area contributed by atoms with Gasteiger partial charge in [0.1, 0.15) is 10.6 Å². The molecule has 1 aromatic heterocycles. The second kappa shape index (κ2) is 5.17. The van der Waals surface area contributed by atoms with Crippen molar-refractivity contribution in [2.75, 3.05) is 6.54 Å². The maximum absolute atomic E-state index is 12.0. The molecule has 5 nitrogen and oxygen atoms in total. The van der Waals surface area contributed by atoms with Crippen molar-refractivity contribution >= 4 is 25.6 Å². The quantitative estimate of drug-likeness (QED) is 0.842. The van der Waals surface area contributed by atoms with Crippen LogP contribution >= 0.6 is 10.7 Å². The van der Waals surface area contributed by atoms with Crippen molar-refractivity contribution in [3.8, 4) is 0 Å². The van der Waals surface area contributed by atoms with Crippen LogP contribution in [0.5, 0.6) is 0 Å². The van der Waals surface area contributed by atoms with Crippen LogP contribution in [0.1, 0.15) is 30.3 Å². The fourth-order valence-corrected chi connectivity index (χ4v) is 2.86. The molecule has 1 heterocycles. The van der Waals surface area contributed by atoms with E-state index in [1.165, 1.54) is 29.7 Å². The summed E-state index contributed by atoms with van der Waals surface area (Å²) < 4.78 is 23.9. The zero-order valence-electron chi connectivity index (χ0n) is 10.9. The summed E-state index contributed by atoms with van der Waals surface area (Å²) >= 11 is 0. The van der Waals surface area contributed by atoms with Gasteiger partial charge >= 0.3 is 0 Å². The van der Waals surface area contributed by atoms with Gasteiger partial charge in [-0.3, -0.25) is 4.79 Å². The Bertz CT molecular complexity index is 590. The summed E-state index contributed by atoms with van der Waals surface area (Å²) in [5.74, 6) is 0.898. The molecular formula is C12H17ClN2O3S. The zero-order valence-corrected chi connectivity index (χ0v) is 12.5. The number of hydrogen-bond acceptors (Lipinski definition) is 3. The molecule has 0 saturated heterocycles. The summed E-state index contributed by atoms with van der Waals surface area (Å²) in [4.78, 5) is 11.9. The third-order valence-electron chi connectivity index (χ3n) is 3.51. The Morgan fingerprint density at radius 2 is 2.21 bits per heavy atom. The summed E-state index contributed by atoms with van der Waals surface area (Å²) in [5, 5.41) is 2.83. The number of nitrogens with zero attached hydrogens (tertiary/aromatic N) is 1. The van der Waals surface area contributed by atoms with Gasteiger partial charge in [-0.25, -0.2) is 8.42 Å². The number of amides is 1. The minimum atomic E-state index is -3.80. The average molecular weight is 305 g/mol. The highest BCUT2D eigenvalue weighted by atomic mass is 35.7. The van der Waals surface area contributed by atoms with E-state index in [1.54, 1.807) is 7.05 Å². The summed E-state index contributed by atoms with van der Waals surface area (Å²) in [7, 11) is 3.07. The van der Waals surface area contributed by atoms with Gasteiger partial charge in [-0.1, -0.05) is 6.92 Å². The summed E-state index contributed by atoms with van der Waals surface area (Å²) in [6, 6.07) is 1.29. The molecule has 7 heteroatoms. The summed E-state index contributed by atoms with van der Waals surface area (Å²) in [6.45, 7) is 2.72. The first-order chi connectivity index (χ1) is 8.79. The second-order valence-corrected chi connectivity index (χ2v) is 7.70. The Morgan fingerprint density at radius 3 is 2.68 bits per heavy atom. The smallest absolute Gasteiger partial charge is 0.267 e. The van der Waals surface area contributed by atoms with Crippen molar-refractivity contribution < 1.29 is 13.2 Å². The van der Waals surface area contributed by atoms with Crippen molar-refractivity contribution in [3.63, 3.8) is 0 Å². The van der Waals surface area contributed by atoms with E-state index in [0.717, 1.165) is 0 Å². The molecule has 1 amide bonds. The molecule has 0 spiro atoms. The molecule has 0 aliphatic heterocycles. The van der Waals surface area contributed by atoms with Crippen LogP contribution in [0.4, 0.5) is 0 Å². The highest BCUT2D eigenvalue weighted by Crippen LogP contribution is 2.36. The van der Waals surface area contributed by atoms with Crippen LogP contribution in [-0.4, -0.2) is 25.4 Å². The SMILES string of the molecule is CC(CNC(=O)c1cc(S(=O)(=O)Cl)cn1C)C1CC1. The van der Waals surface area contributed by atoms with E-state index in [2.05, 4.69) is 12.2 Å². The van der Waals surface area contributed by atoms with E-state index in [-0.39, 0.29) is 10.8 Å². The molecule has 2 rings (SSSR count). The normalized spacial score (nSPS) is 17.2. The predicted molar refractivity (Wildman–Crippen MR) is 72.7 cm³/mol. The number of nitrogens with one attached hydrogen (secondary N) is 1. The van der Waals surface area contributed by atoms with E-state index in [1.807, 2.05) is 0 Å². The van der Waals surface area contributed by atoms with E-state index in [0.29, 0.717) is 24.1 Å². The van der Waals surface area contributed by atoms with Crippen molar-refractivity contribution in [1.82, 2.24) is 9.88 Å². The van der Waals surface area contributed by atoms with Crippen LogP contribution in [-0.2, 0) is 16.1 Å². The average Bonchev–Trinajstić information content (AvgIpc) is 3.07. The summed E-state index contributed by atoms with van der Waals surface area (Å²) in [5.41, 5.74) is 0.294. The van der Waals surface area contributed by atoms with Gasteiger partial charge in [0.05, 0.1) is 0 Å². The van der Waals surface area contributed by atoms with Gasteiger partial charge in [0, 0.05) is 30.5 Å². The number of carbonyl (C=O) groups is 1. The van der Waals surface area contributed by atoms with Gasteiger partial charge in [-0.05, 0) is 30.7 Å². The van der Waals surface area contributed by atoms with Crippen LogP contribution < -0.4 is 5.32 Å². The fraction of sp³-hybridized carbons (Fsp3) is 0.583. The molecular weight excluding hydrogens is 288 g/mol. The first-order valence-electron chi connectivity index (χ1n) is 6.18. The lowest BCUT2D eigenvalue weighted by atomic mass is 10.1. The third-order valence-corrected chi connectivity index (χ3v) is 4.83. The predicted octanol–water partition coefficient (Wildman–Crippen LogP) is 1.73. The minimum absolute atomic E-state index is 0.0583. The molecule has 19 heavy (non-hydrogen) atoms. The molecule has 106 valence electrons. The van der Waals surface area contributed by atoms with Crippen LogP contribution in [0, 0.1) is 11.8 Å². The Balaban J connectivity index is 2.04. The van der Waals surface area contributed by atoms with Gasteiger partial charge in [0.15, 0.2) is 0 Å². The van der Waals surface area contributed by atoms with Crippen LogP contribution in [0.2, 0.25) is 0 Å². The molecule has 1 atom stereocenters. The van der Waals surface area contributed by atoms with Gasteiger partial charge in [0.25, 0.3) is 15.0 Å². The van der Waals surface area contributed by atoms with Crippen molar-refractivity contribution in [1.29, 1.82) is 0 Å². The molecule has 1 saturated carbocycles. The Morgan fingerprint density at radius 1 is 1.58 bits per heavy atom. The van der Waals surface area contributed by atoms with Crippen LogP contribution in [0.25, 0.3) is 0 Å². The largest absolute Gasteiger partial charge is 0.350 e. The van der Waals surface area contributed by atoms with E-state index in [4.69, 9.17) is 10.7 Å². The lowest BCUT2D eigenvalue weighted by Crippen LogP contribution is -2.30. The maximum Gasteiger partial charge on any atom is 0.267 e. The zero-order chi connectivity index (χ0) is 14.2. The van der Waals surface area contributed by atoms with Gasteiger partial charge < -0.3 is 9.88 Å². The standard InChI is InChI=1S/C12H17ClN2O3S/c1-8(9-3-4-9)6-14-12(16)11-5-10(7-15(11)2)19(13,17)18/h5,7-9H,3-4,6H2,1-2H3,(H,14,16). The van der Waals surface area contributed by atoms with E-state index < -0.39 is 9.05 Å². The lowest BCUT2D eigenvalue weighted by Gasteiger charge is -2.11. The highest BCUT2D eigenvalue weighted by molar-refractivity contribution is 8.13. The minimum Gasteiger partial charge on any atom is -0.350 e. The monoisotopic (exact) mass is 304 g/mol. The number of carbonyl (C=O) groups excluding carboxylic acids is 1. The molecule has 0 bridgehead atoms. The number of halogens is 1. The molecule has 1 aromatic rings. The van der Waals surface area contributed by atoms with Gasteiger partial charge in [0.2, 0.25) is 0 Å². The molecule has 1 fully saturated rings. The van der Waals surface area contributed by atoms with Gasteiger partial charge in [-0.2, -0.15) is 0 Å². The molecule has 1 N–H and O–H groups in total. The Hall–Kier alpha value is -1.01. The Labute approximate surface area is 117 Å². The van der Waals surface area contributed by atoms with Crippen molar-refractivity contribution in [3.05, 3.63) is 18.0 Å². The first-order valence-corrected chi connectivity index (χ1v) is 8.49. The second-order valence-electron chi connectivity index (χ2n) is 5.13. The maximum atomic E-state index is 12.0.